The number of hydrogen-bond acceptors (Lipinski definition) is 9. The number of thiazole rings is 1. The monoisotopic (exact) mass is 601 g/mol. The molecule has 0 unspecified atom stereocenters. The fourth-order valence-corrected chi connectivity index (χ4v) is 7.53. The molecule has 0 radical (unpaired) electrons. The number of primary sulfonamides is 1. The summed E-state index contributed by atoms with van der Waals surface area (Å²) in [6.45, 7) is 2.83. The van der Waals surface area contributed by atoms with E-state index < -0.39 is 26.0 Å². The highest BCUT2D eigenvalue weighted by atomic mass is 32.2. The Morgan fingerprint density at radius 2 is 1.75 bits per heavy atom. The van der Waals surface area contributed by atoms with Crippen LogP contribution in [0.4, 0.5) is 10.8 Å². The van der Waals surface area contributed by atoms with Crippen LogP contribution < -0.4 is 20.9 Å². The molecule has 4 aromatic rings. The van der Waals surface area contributed by atoms with E-state index in [2.05, 4.69) is 20.1 Å². The van der Waals surface area contributed by atoms with E-state index >= 15 is 0 Å². The number of sulfonamides is 2. The second-order valence-electron chi connectivity index (χ2n) is 9.04. The van der Waals surface area contributed by atoms with Crippen molar-refractivity contribution < 1.29 is 26.4 Å². The van der Waals surface area contributed by atoms with Gasteiger partial charge in [0.1, 0.15) is 0 Å². The molecule has 0 fully saturated rings. The lowest BCUT2D eigenvalue weighted by atomic mass is 9.88. The molecule has 0 spiro atoms. The van der Waals surface area contributed by atoms with Gasteiger partial charge in [0.15, 0.2) is 15.0 Å². The number of rotatable bonds is 7. The molecule has 6 N–H and O–H groups in total. The van der Waals surface area contributed by atoms with Crippen LogP contribution in [0, 0.1) is 6.92 Å². The lowest BCUT2D eigenvalue weighted by molar-refractivity contribution is -0.114. The second kappa shape index (κ2) is 9.81. The van der Waals surface area contributed by atoms with Gasteiger partial charge in [-0.05, 0) is 61.7 Å². The van der Waals surface area contributed by atoms with Crippen LogP contribution in [0.2, 0.25) is 0 Å². The Kier molecular flexibility index (Phi) is 6.73. The molecule has 16 heteroatoms. The Morgan fingerprint density at radius 1 is 1.05 bits per heavy atom. The van der Waals surface area contributed by atoms with Crippen LogP contribution in [0.3, 0.4) is 0 Å². The number of nitrogens with one attached hydrogen (secondary N) is 2. The van der Waals surface area contributed by atoms with Crippen LogP contribution >= 0.6 is 11.3 Å². The van der Waals surface area contributed by atoms with Gasteiger partial charge in [-0.25, -0.2) is 31.6 Å². The number of anilines is 2. The average molecular weight is 602 g/mol. The number of primary amides is 1. The molecule has 2 amide bonds. The number of carbonyl (C=O) groups excluding carboxylic acids is 2. The van der Waals surface area contributed by atoms with E-state index in [-0.39, 0.29) is 37.2 Å². The Balaban J connectivity index is 1.58. The molecule has 40 heavy (non-hydrogen) atoms. The molecule has 2 heterocycles. The van der Waals surface area contributed by atoms with E-state index in [1.165, 1.54) is 42.8 Å². The normalized spacial score (nSPS) is 12.9. The van der Waals surface area contributed by atoms with Crippen molar-refractivity contribution in [2.75, 3.05) is 10.0 Å². The molecule has 208 valence electrons. The lowest BCUT2D eigenvalue weighted by Crippen LogP contribution is -2.16. The summed E-state index contributed by atoms with van der Waals surface area (Å²) in [6, 6.07) is 10.7. The van der Waals surface area contributed by atoms with Crippen LogP contribution in [0.1, 0.15) is 34.2 Å². The van der Waals surface area contributed by atoms with Gasteiger partial charge in [-0.15, -0.1) is 0 Å². The number of benzene rings is 2. The molecule has 0 saturated heterocycles. The van der Waals surface area contributed by atoms with Gasteiger partial charge >= 0.3 is 0 Å². The number of aromatic nitrogens is 3. The van der Waals surface area contributed by atoms with Gasteiger partial charge in [0.2, 0.25) is 15.9 Å². The second-order valence-corrected chi connectivity index (χ2v) is 13.5. The van der Waals surface area contributed by atoms with E-state index in [0.717, 1.165) is 16.9 Å². The fourth-order valence-electron chi connectivity index (χ4n) is 4.50. The minimum Gasteiger partial charge on any atom is -0.364 e. The highest BCUT2D eigenvalue weighted by Crippen LogP contribution is 2.39. The maximum atomic E-state index is 13.2. The third-order valence-corrected chi connectivity index (χ3v) is 10.2. The number of nitrogens with two attached hydrogens (primary N) is 2. The van der Waals surface area contributed by atoms with Crippen LogP contribution in [0.5, 0.6) is 0 Å². The number of hydrogen-bond donors (Lipinski definition) is 4. The van der Waals surface area contributed by atoms with Crippen molar-refractivity contribution >= 4 is 54.0 Å². The average Bonchev–Trinajstić information content (AvgIpc) is 3.44. The van der Waals surface area contributed by atoms with Gasteiger partial charge in [0, 0.05) is 23.7 Å². The minimum atomic E-state index is -4.06. The summed E-state index contributed by atoms with van der Waals surface area (Å²) in [5.74, 6) is -1.10. The van der Waals surface area contributed by atoms with Gasteiger partial charge in [-0.3, -0.25) is 14.3 Å². The third kappa shape index (κ3) is 5.08. The standard InChI is InChI=1S/C24H23N7O6S3/c1-12-23(38-24(27-12)28-13(2)32)40(36,37)30-15-5-3-14-4-10-18-20(22(25)33)29-31(21(18)19(14)11-15)16-6-8-17(9-7-16)39(26,34)35/h3,5-9,11,30H,4,10H2,1-2H3,(H2,25,33)(H2,26,34,35)(H,27,28,32). The predicted molar refractivity (Wildman–Crippen MR) is 148 cm³/mol. The zero-order chi connectivity index (χ0) is 29.0. The molecule has 1 aliphatic carbocycles. The number of amides is 2. The fraction of sp³-hybridized carbons (Fsp3) is 0.167. The summed E-state index contributed by atoms with van der Waals surface area (Å²) in [4.78, 5) is 27.6. The molecule has 2 aromatic heterocycles. The largest absolute Gasteiger partial charge is 0.364 e. The number of aryl methyl sites for hydroxylation is 2. The van der Waals surface area contributed by atoms with E-state index in [1.807, 2.05) is 0 Å². The van der Waals surface area contributed by atoms with Gasteiger partial charge < -0.3 is 11.1 Å². The molecule has 2 aromatic carbocycles. The number of fused-ring (bicyclic) bond motifs is 3. The number of nitrogens with zero attached hydrogens (tertiary/aromatic N) is 3. The quantitative estimate of drug-likeness (QED) is 0.245. The molecule has 0 aliphatic heterocycles. The first-order valence-corrected chi connectivity index (χ1v) is 15.6. The highest BCUT2D eigenvalue weighted by molar-refractivity contribution is 7.94. The summed E-state index contributed by atoms with van der Waals surface area (Å²) in [5.41, 5.74) is 9.24. The molecule has 0 atom stereocenters. The summed E-state index contributed by atoms with van der Waals surface area (Å²) in [7, 11) is -7.99. The Bertz CT molecular complexity index is 1910. The lowest BCUT2D eigenvalue weighted by Gasteiger charge is -2.20. The van der Waals surface area contributed by atoms with E-state index in [1.54, 1.807) is 18.2 Å². The summed E-state index contributed by atoms with van der Waals surface area (Å²) in [6.07, 6.45) is 1.02. The van der Waals surface area contributed by atoms with Crippen LogP contribution in [-0.4, -0.2) is 43.4 Å². The molecule has 0 bridgehead atoms. The van der Waals surface area contributed by atoms with Crippen molar-refractivity contribution in [1.29, 1.82) is 0 Å². The SMILES string of the molecule is CC(=O)Nc1nc(C)c(S(=O)(=O)Nc2ccc3c(c2)-c2c(c(C(N)=O)nn2-c2ccc(S(N)(=O)=O)cc2)CC3)s1. The maximum Gasteiger partial charge on any atom is 0.273 e. The van der Waals surface area contributed by atoms with Crippen molar-refractivity contribution in [3.8, 4) is 16.9 Å². The number of carbonyl (C=O) groups is 2. The molecule has 5 rings (SSSR count). The molecular weight excluding hydrogens is 579 g/mol. The van der Waals surface area contributed by atoms with Crippen molar-refractivity contribution in [2.45, 2.75) is 35.8 Å². The highest BCUT2D eigenvalue weighted by Gasteiger charge is 2.29. The Hall–Kier alpha value is -4.12. The first-order valence-electron chi connectivity index (χ1n) is 11.7. The summed E-state index contributed by atoms with van der Waals surface area (Å²) < 4.78 is 53.9. The van der Waals surface area contributed by atoms with Gasteiger partial charge in [-0.1, -0.05) is 17.4 Å². The summed E-state index contributed by atoms with van der Waals surface area (Å²) in [5, 5.41) is 12.3. The van der Waals surface area contributed by atoms with Crippen molar-refractivity contribution in [3.05, 3.63) is 65.0 Å². The minimum absolute atomic E-state index is 0.0503. The van der Waals surface area contributed by atoms with E-state index in [4.69, 9.17) is 10.9 Å². The smallest absolute Gasteiger partial charge is 0.273 e. The van der Waals surface area contributed by atoms with E-state index in [9.17, 15) is 26.4 Å². The Labute approximate surface area is 233 Å². The predicted octanol–water partition coefficient (Wildman–Crippen LogP) is 1.91. The Morgan fingerprint density at radius 3 is 2.38 bits per heavy atom. The van der Waals surface area contributed by atoms with Crippen LogP contribution in [-0.2, 0) is 37.7 Å². The van der Waals surface area contributed by atoms with Gasteiger partial charge in [0.25, 0.3) is 15.9 Å². The van der Waals surface area contributed by atoms with Crippen molar-refractivity contribution in [1.82, 2.24) is 14.8 Å². The maximum absolute atomic E-state index is 13.2. The van der Waals surface area contributed by atoms with Crippen molar-refractivity contribution in [3.63, 3.8) is 0 Å². The van der Waals surface area contributed by atoms with Gasteiger partial charge in [-0.2, -0.15) is 5.10 Å². The molecular formula is C24H23N7O6S3. The molecule has 1 aliphatic rings. The zero-order valence-corrected chi connectivity index (χ0v) is 23.6. The first-order chi connectivity index (χ1) is 18.7. The molecule has 13 nitrogen and oxygen atoms in total. The van der Waals surface area contributed by atoms with Crippen LogP contribution in [0.15, 0.2) is 51.6 Å². The van der Waals surface area contributed by atoms with Crippen molar-refractivity contribution in [2.24, 2.45) is 10.9 Å². The van der Waals surface area contributed by atoms with Crippen LogP contribution in [0.25, 0.3) is 16.9 Å². The summed E-state index contributed by atoms with van der Waals surface area (Å²) >= 11 is 0.830. The topological polar surface area (TPSA) is 209 Å². The zero-order valence-electron chi connectivity index (χ0n) is 21.1. The van der Waals surface area contributed by atoms with E-state index in [0.29, 0.717) is 35.3 Å². The van der Waals surface area contributed by atoms with Gasteiger partial charge in [0.05, 0.1) is 22.0 Å². The third-order valence-electron chi connectivity index (χ3n) is 6.17. The molecule has 0 saturated carbocycles. The first kappa shape index (κ1) is 27.4.